The van der Waals surface area contributed by atoms with Crippen LogP contribution in [0.1, 0.15) is 0 Å². The Hall–Kier alpha value is 3.86. The molecule has 0 spiro atoms. The van der Waals surface area contributed by atoms with Gasteiger partial charge in [0.1, 0.15) is 0 Å². The van der Waals surface area contributed by atoms with Crippen LogP contribution in [-0.2, 0) is 0 Å². The smallest absolute Gasteiger partial charge is 0.368 e. The second-order valence-corrected chi connectivity index (χ2v) is 1.80. The van der Waals surface area contributed by atoms with Crippen LogP contribution in [0.5, 0.6) is 0 Å². The van der Waals surface area contributed by atoms with Crippen LogP contribution in [0, 0.1) is 114 Å². The molecule has 0 atom stereocenters. The van der Waals surface area contributed by atoms with Gasteiger partial charge in [-0.1, -0.05) is 0 Å². The SMILES string of the molecule is O[Si](O)(O)O.[Ce].[La].[Lu]. The summed E-state index contributed by atoms with van der Waals surface area (Å²) in [5.41, 5.74) is 0. The van der Waals surface area contributed by atoms with Gasteiger partial charge in [-0.15, -0.1) is 0 Å². The van der Waals surface area contributed by atoms with Crippen molar-refractivity contribution in [3.63, 3.8) is 0 Å². The molecule has 0 heterocycles. The Morgan fingerprint density at radius 1 is 0.875 bits per heavy atom. The maximum absolute atomic E-state index is 7.33. The minimum atomic E-state index is -4.61. The fourth-order valence-corrected chi connectivity index (χ4v) is 0. The van der Waals surface area contributed by atoms with Crippen molar-refractivity contribution in [2.45, 2.75) is 0 Å². The largest absolute Gasteiger partial charge is 0.668 e. The van der Waals surface area contributed by atoms with Gasteiger partial charge >= 0.3 is 9.05 Å². The summed E-state index contributed by atoms with van der Waals surface area (Å²) in [5.74, 6) is 0. The van der Waals surface area contributed by atoms with Crippen LogP contribution in [0.15, 0.2) is 0 Å². The van der Waals surface area contributed by atoms with Crippen molar-refractivity contribution < 1.29 is 133 Å². The number of hydrogen-bond donors (Lipinski definition) is 4. The predicted molar refractivity (Wildman–Crippen MR) is 14.6 cm³/mol. The Morgan fingerprint density at radius 2 is 0.875 bits per heavy atom. The van der Waals surface area contributed by atoms with Gasteiger partial charge in [-0.3, -0.25) is 0 Å². The average Bonchev–Trinajstić information content (AvgIpc) is 0.722. The van der Waals surface area contributed by atoms with E-state index in [0.29, 0.717) is 0 Å². The monoisotopic (exact) mass is 550 g/mol. The van der Waals surface area contributed by atoms with Crippen molar-refractivity contribution in [2.75, 3.05) is 0 Å². The number of hydrogen-bond acceptors (Lipinski definition) is 4. The Labute approximate surface area is 139 Å². The van der Waals surface area contributed by atoms with Gasteiger partial charge in [-0.25, -0.2) is 0 Å². The van der Waals surface area contributed by atoms with Gasteiger partial charge in [0.25, 0.3) is 0 Å². The fraction of sp³-hybridized carbons (Fsp3) is 0. The third-order valence-corrected chi connectivity index (χ3v) is 0. The van der Waals surface area contributed by atoms with E-state index in [0.717, 1.165) is 0 Å². The molecule has 0 saturated carbocycles. The molecule has 0 fully saturated rings. The van der Waals surface area contributed by atoms with E-state index in [1.807, 2.05) is 0 Å². The molecule has 0 aliphatic heterocycles. The summed E-state index contributed by atoms with van der Waals surface area (Å²) in [6, 6.07) is 0. The zero-order valence-corrected chi connectivity index (χ0v) is 13.0. The van der Waals surface area contributed by atoms with Gasteiger partial charge in [-0.05, 0) is 0 Å². The standard InChI is InChI=1S/Ce.La.Lu.H4O4Si/c;;;1-5(2,3)4/h;;;1-4H. The molecule has 4 nitrogen and oxygen atoms in total. The van der Waals surface area contributed by atoms with Gasteiger partial charge in [0, 0.05) is 114 Å². The van der Waals surface area contributed by atoms with Crippen molar-refractivity contribution in [1.82, 2.24) is 0 Å². The molecule has 54 valence electrons. The van der Waals surface area contributed by atoms with Crippen molar-refractivity contribution in [3.05, 3.63) is 0 Å². The normalized spacial score (nSPS) is 7.50. The van der Waals surface area contributed by atoms with E-state index < -0.39 is 9.05 Å². The Balaban J connectivity index is -0.0000000267. The Bertz CT molecular complexity index is 31.5. The zero-order chi connectivity index (χ0) is 4.50. The molecule has 0 aromatic rings. The first-order valence-electron chi connectivity index (χ1n) is 0.894. The summed E-state index contributed by atoms with van der Waals surface area (Å²) in [5, 5.41) is 0. The first-order chi connectivity index (χ1) is 2.00. The van der Waals surface area contributed by atoms with E-state index in [9.17, 15) is 0 Å². The predicted octanol–water partition coefficient (Wildman–Crippen LogP) is -2.61. The third-order valence-electron chi connectivity index (χ3n) is 0. The van der Waals surface area contributed by atoms with Gasteiger partial charge in [0.15, 0.2) is 0 Å². The van der Waals surface area contributed by atoms with Crippen LogP contribution < -0.4 is 0 Å². The van der Waals surface area contributed by atoms with Crippen molar-refractivity contribution >= 4 is 9.05 Å². The number of rotatable bonds is 0. The molecule has 0 aliphatic carbocycles. The molecule has 0 rings (SSSR count). The minimum absolute atomic E-state index is 0. The Morgan fingerprint density at radius 3 is 0.875 bits per heavy atom. The fourth-order valence-electron chi connectivity index (χ4n) is 0. The zero-order valence-electron chi connectivity index (χ0n) is 3.62. The molecule has 4 N–H and O–H groups in total. The van der Waals surface area contributed by atoms with E-state index in [-0.39, 0.29) is 114 Å². The summed E-state index contributed by atoms with van der Waals surface area (Å²) in [7, 11) is -4.61. The quantitative estimate of drug-likeness (QED) is 0.250. The molecule has 0 bridgehead atoms. The van der Waals surface area contributed by atoms with Crippen LogP contribution in [0.2, 0.25) is 0 Å². The van der Waals surface area contributed by atoms with Gasteiger partial charge in [-0.2, -0.15) is 0 Å². The molecular weight excluding hydrogens is 546 g/mol. The summed E-state index contributed by atoms with van der Waals surface area (Å²) in [6.07, 6.45) is 0. The summed E-state index contributed by atoms with van der Waals surface area (Å²) in [6.45, 7) is 0. The van der Waals surface area contributed by atoms with Crippen LogP contribution in [0.3, 0.4) is 0 Å². The molecule has 0 aliphatic rings. The first-order valence-corrected chi connectivity index (χ1v) is 2.68. The van der Waals surface area contributed by atoms with E-state index >= 15 is 0 Å². The Kier molecular flexibility index (Phi) is 30.7. The molecule has 8 heteroatoms. The summed E-state index contributed by atoms with van der Waals surface area (Å²) >= 11 is 0. The van der Waals surface area contributed by atoms with Crippen LogP contribution in [0.25, 0.3) is 0 Å². The molecule has 2 radical (unpaired) electrons. The topological polar surface area (TPSA) is 80.9 Å². The van der Waals surface area contributed by atoms with E-state index in [2.05, 4.69) is 0 Å². The van der Waals surface area contributed by atoms with Crippen LogP contribution >= 0.6 is 0 Å². The van der Waals surface area contributed by atoms with Crippen molar-refractivity contribution in [2.24, 2.45) is 0 Å². The van der Waals surface area contributed by atoms with Gasteiger partial charge < -0.3 is 19.2 Å². The van der Waals surface area contributed by atoms with Crippen molar-refractivity contribution in [3.8, 4) is 0 Å². The van der Waals surface area contributed by atoms with E-state index in [1.54, 1.807) is 0 Å². The molecule has 0 amide bonds. The van der Waals surface area contributed by atoms with Crippen LogP contribution in [-0.4, -0.2) is 28.2 Å². The van der Waals surface area contributed by atoms with Crippen LogP contribution in [0.4, 0.5) is 0 Å². The van der Waals surface area contributed by atoms with Gasteiger partial charge in [0.05, 0.1) is 0 Å². The molecule has 0 saturated heterocycles. The van der Waals surface area contributed by atoms with Crippen molar-refractivity contribution in [1.29, 1.82) is 0 Å². The molecular formula is H4CeLaLuO4Si. The van der Waals surface area contributed by atoms with E-state index in [4.69, 9.17) is 19.2 Å². The maximum Gasteiger partial charge on any atom is 0.668 e. The summed E-state index contributed by atoms with van der Waals surface area (Å²) < 4.78 is 0. The summed E-state index contributed by atoms with van der Waals surface area (Å²) in [4.78, 5) is 29.3. The van der Waals surface area contributed by atoms with E-state index in [1.165, 1.54) is 0 Å². The molecule has 0 unspecified atom stereocenters. The molecule has 0 aromatic heterocycles. The molecule has 8 heavy (non-hydrogen) atoms. The maximum atomic E-state index is 7.33. The second-order valence-electron chi connectivity index (χ2n) is 0.600. The average molecular weight is 550 g/mol. The second kappa shape index (κ2) is 10.9. The minimum Gasteiger partial charge on any atom is -0.368 e. The molecule has 0 aromatic carbocycles. The van der Waals surface area contributed by atoms with Gasteiger partial charge in [0.2, 0.25) is 0 Å². The first kappa shape index (κ1) is 22.6. The third kappa shape index (κ3) is 51.9.